The average Bonchev–Trinajstić information content (AvgIpc) is 3.09. The van der Waals surface area contributed by atoms with Crippen molar-refractivity contribution in [3.63, 3.8) is 0 Å². The fraction of sp³-hybridized carbons (Fsp3) is 0.318. The van der Waals surface area contributed by atoms with Gasteiger partial charge in [0.25, 0.3) is 0 Å². The van der Waals surface area contributed by atoms with Crippen LogP contribution in [0, 0.1) is 0 Å². The third kappa shape index (κ3) is 3.99. The molecule has 1 aliphatic rings. The number of aryl methyl sites for hydroxylation is 1. The Morgan fingerprint density at radius 2 is 1.84 bits per heavy atom. The Morgan fingerprint density at radius 1 is 1.00 bits per heavy atom. The van der Waals surface area contributed by atoms with Crippen molar-refractivity contribution in [2.45, 2.75) is 38.3 Å². The van der Waals surface area contributed by atoms with E-state index in [9.17, 15) is 0 Å². The predicted octanol–water partition coefficient (Wildman–Crippen LogP) is 4.65. The fourth-order valence-corrected chi connectivity index (χ4v) is 3.66. The summed E-state index contributed by atoms with van der Waals surface area (Å²) in [6, 6.07) is 19.7. The Kier molecular flexibility index (Phi) is 4.93. The van der Waals surface area contributed by atoms with E-state index in [1.54, 1.807) is 0 Å². The SMILES string of the molecule is C1=C(c2ccccc2)CC(CCCCn2cc3ccccc3n2)NC1. The zero-order valence-electron chi connectivity index (χ0n) is 14.6. The van der Waals surface area contributed by atoms with Crippen LogP contribution in [0.3, 0.4) is 0 Å². The van der Waals surface area contributed by atoms with Crippen LogP contribution in [0.2, 0.25) is 0 Å². The van der Waals surface area contributed by atoms with Crippen LogP contribution in [-0.2, 0) is 6.54 Å². The highest BCUT2D eigenvalue weighted by molar-refractivity contribution is 5.77. The maximum absolute atomic E-state index is 4.64. The van der Waals surface area contributed by atoms with Crippen molar-refractivity contribution in [2.75, 3.05) is 6.54 Å². The van der Waals surface area contributed by atoms with Crippen molar-refractivity contribution in [3.05, 3.63) is 72.4 Å². The van der Waals surface area contributed by atoms with Crippen LogP contribution in [0.5, 0.6) is 0 Å². The zero-order valence-corrected chi connectivity index (χ0v) is 14.6. The second-order valence-electron chi connectivity index (χ2n) is 6.85. The van der Waals surface area contributed by atoms with E-state index in [1.165, 1.54) is 35.8 Å². The van der Waals surface area contributed by atoms with Gasteiger partial charge in [0.2, 0.25) is 0 Å². The van der Waals surface area contributed by atoms with Crippen LogP contribution in [-0.4, -0.2) is 22.4 Å². The molecular formula is C22H25N3. The van der Waals surface area contributed by atoms with Gasteiger partial charge in [-0.15, -0.1) is 0 Å². The van der Waals surface area contributed by atoms with Crippen LogP contribution >= 0.6 is 0 Å². The number of benzene rings is 2. The van der Waals surface area contributed by atoms with Gasteiger partial charge in [-0.1, -0.05) is 61.0 Å². The number of fused-ring (bicyclic) bond motifs is 1. The van der Waals surface area contributed by atoms with Gasteiger partial charge >= 0.3 is 0 Å². The molecule has 3 nitrogen and oxygen atoms in total. The van der Waals surface area contributed by atoms with E-state index in [0.29, 0.717) is 6.04 Å². The molecule has 0 saturated carbocycles. The number of nitrogens with one attached hydrogen (secondary N) is 1. The summed E-state index contributed by atoms with van der Waals surface area (Å²) in [5.74, 6) is 0. The topological polar surface area (TPSA) is 29.9 Å². The van der Waals surface area contributed by atoms with Gasteiger partial charge in [0.05, 0.1) is 5.52 Å². The summed E-state index contributed by atoms with van der Waals surface area (Å²) in [4.78, 5) is 0. The summed E-state index contributed by atoms with van der Waals surface area (Å²) in [5.41, 5.74) is 3.95. The van der Waals surface area contributed by atoms with Crippen LogP contribution in [0.4, 0.5) is 0 Å². The lowest BCUT2D eigenvalue weighted by atomic mass is 9.93. The minimum Gasteiger partial charge on any atom is -0.310 e. The minimum atomic E-state index is 0.594. The molecule has 3 heteroatoms. The quantitative estimate of drug-likeness (QED) is 0.666. The van der Waals surface area contributed by atoms with E-state index in [4.69, 9.17) is 0 Å². The Morgan fingerprint density at radius 3 is 2.72 bits per heavy atom. The number of nitrogens with zero attached hydrogens (tertiary/aromatic N) is 2. The molecule has 1 aromatic heterocycles. The van der Waals surface area contributed by atoms with Crippen LogP contribution in [0.25, 0.3) is 16.5 Å². The molecule has 0 spiro atoms. The van der Waals surface area contributed by atoms with Crippen molar-refractivity contribution >= 4 is 16.5 Å². The molecule has 25 heavy (non-hydrogen) atoms. The first-order valence-corrected chi connectivity index (χ1v) is 9.28. The van der Waals surface area contributed by atoms with E-state index < -0.39 is 0 Å². The summed E-state index contributed by atoms with van der Waals surface area (Å²) in [7, 11) is 0. The number of hydrogen-bond donors (Lipinski definition) is 1. The molecule has 1 unspecified atom stereocenters. The molecule has 0 fully saturated rings. The van der Waals surface area contributed by atoms with Crippen molar-refractivity contribution in [3.8, 4) is 0 Å². The van der Waals surface area contributed by atoms with Crippen LogP contribution < -0.4 is 5.32 Å². The lowest BCUT2D eigenvalue weighted by molar-refractivity contribution is 0.457. The highest BCUT2D eigenvalue weighted by atomic mass is 15.3. The Hall–Kier alpha value is -2.39. The molecule has 1 N–H and O–H groups in total. The number of hydrogen-bond acceptors (Lipinski definition) is 2. The van der Waals surface area contributed by atoms with Crippen molar-refractivity contribution in [1.82, 2.24) is 15.1 Å². The Bertz CT molecular complexity index is 815. The standard InChI is InChI=1S/C22H25N3/c1-2-8-18(9-3-1)19-13-14-23-21(16-19)11-6-7-15-25-17-20-10-4-5-12-22(20)24-25/h1-5,8-10,12-13,17,21,23H,6-7,11,14-16H2. The zero-order chi connectivity index (χ0) is 16.9. The number of aromatic nitrogens is 2. The lowest BCUT2D eigenvalue weighted by Crippen LogP contribution is -2.32. The van der Waals surface area contributed by atoms with Gasteiger partial charge in [0.15, 0.2) is 0 Å². The normalized spacial score (nSPS) is 17.6. The van der Waals surface area contributed by atoms with E-state index >= 15 is 0 Å². The molecule has 4 rings (SSSR count). The summed E-state index contributed by atoms with van der Waals surface area (Å²) < 4.78 is 2.09. The predicted molar refractivity (Wildman–Crippen MR) is 104 cm³/mol. The van der Waals surface area contributed by atoms with E-state index in [1.807, 2.05) is 6.07 Å². The molecule has 0 saturated heterocycles. The highest BCUT2D eigenvalue weighted by Crippen LogP contribution is 2.24. The highest BCUT2D eigenvalue weighted by Gasteiger charge is 2.15. The third-order valence-corrected chi connectivity index (χ3v) is 5.02. The molecule has 0 bridgehead atoms. The van der Waals surface area contributed by atoms with Gasteiger partial charge in [0, 0.05) is 30.7 Å². The van der Waals surface area contributed by atoms with Crippen molar-refractivity contribution < 1.29 is 0 Å². The summed E-state index contributed by atoms with van der Waals surface area (Å²) in [6.45, 7) is 1.99. The van der Waals surface area contributed by atoms with Gasteiger partial charge in [-0.3, -0.25) is 4.68 Å². The molecule has 128 valence electrons. The first-order chi connectivity index (χ1) is 12.4. The molecule has 1 atom stereocenters. The second-order valence-corrected chi connectivity index (χ2v) is 6.85. The van der Waals surface area contributed by atoms with Crippen LogP contribution in [0.1, 0.15) is 31.2 Å². The maximum atomic E-state index is 4.64. The van der Waals surface area contributed by atoms with Gasteiger partial charge < -0.3 is 5.32 Å². The smallest absolute Gasteiger partial charge is 0.0923 e. The van der Waals surface area contributed by atoms with Crippen molar-refractivity contribution in [2.24, 2.45) is 0 Å². The molecule has 0 aliphatic carbocycles. The van der Waals surface area contributed by atoms with Gasteiger partial charge in [0.1, 0.15) is 0 Å². The second kappa shape index (κ2) is 7.66. The van der Waals surface area contributed by atoms with E-state index in [2.05, 4.69) is 75.9 Å². The first-order valence-electron chi connectivity index (χ1n) is 9.28. The van der Waals surface area contributed by atoms with Gasteiger partial charge in [-0.25, -0.2) is 0 Å². The fourth-order valence-electron chi connectivity index (χ4n) is 3.66. The minimum absolute atomic E-state index is 0.594. The van der Waals surface area contributed by atoms with Gasteiger partial charge in [-0.2, -0.15) is 5.10 Å². The molecule has 0 radical (unpaired) electrons. The molecule has 1 aliphatic heterocycles. The van der Waals surface area contributed by atoms with E-state index in [-0.39, 0.29) is 0 Å². The van der Waals surface area contributed by atoms with Crippen molar-refractivity contribution in [1.29, 1.82) is 0 Å². The number of unbranched alkanes of at least 4 members (excludes halogenated alkanes) is 1. The molecule has 2 aromatic carbocycles. The first kappa shape index (κ1) is 16.1. The summed E-state index contributed by atoms with van der Waals surface area (Å²) in [6.07, 6.45) is 9.26. The van der Waals surface area contributed by atoms with Gasteiger partial charge in [-0.05, 0) is 36.5 Å². The van der Waals surface area contributed by atoms with E-state index in [0.717, 1.165) is 25.0 Å². The summed E-state index contributed by atoms with van der Waals surface area (Å²) >= 11 is 0. The lowest BCUT2D eigenvalue weighted by Gasteiger charge is -2.24. The monoisotopic (exact) mass is 331 g/mol. The molecule has 3 aromatic rings. The Labute approximate surface area is 149 Å². The summed E-state index contributed by atoms with van der Waals surface area (Å²) in [5, 5.41) is 9.51. The molecule has 2 heterocycles. The Balaban J connectivity index is 1.25. The maximum Gasteiger partial charge on any atom is 0.0923 e. The molecule has 0 amide bonds. The third-order valence-electron chi connectivity index (χ3n) is 5.02. The van der Waals surface area contributed by atoms with Crippen LogP contribution in [0.15, 0.2) is 66.9 Å². The average molecular weight is 331 g/mol. The largest absolute Gasteiger partial charge is 0.310 e. The molecular weight excluding hydrogens is 306 g/mol. The number of rotatable bonds is 6.